The van der Waals surface area contributed by atoms with Crippen LogP contribution in [0, 0.1) is 5.82 Å². The lowest BCUT2D eigenvalue weighted by atomic mass is 10.0. The van der Waals surface area contributed by atoms with Crippen LogP contribution in [0.25, 0.3) is 11.3 Å². The van der Waals surface area contributed by atoms with Crippen LogP contribution in [0.3, 0.4) is 0 Å². The van der Waals surface area contributed by atoms with Gasteiger partial charge < -0.3 is 9.64 Å². The molecular weight excluding hydrogens is 273 g/mol. The minimum Gasteiger partial charge on any atom is -0.494 e. The Morgan fingerprint density at radius 3 is 3.00 bits per heavy atom. The van der Waals surface area contributed by atoms with E-state index in [0.29, 0.717) is 13.1 Å². The molecule has 2 heterocycles. The second kappa shape index (κ2) is 5.20. The van der Waals surface area contributed by atoms with Gasteiger partial charge in [0.1, 0.15) is 0 Å². The summed E-state index contributed by atoms with van der Waals surface area (Å²) in [4.78, 5) is 13.3. The third-order valence-electron chi connectivity index (χ3n) is 3.80. The second-order valence-corrected chi connectivity index (χ2v) is 5.07. The number of benzene rings is 1. The maximum absolute atomic E-state index is 13.5. The molecule has 5 nitrogen and oxygen atoms in total. The molecule has 110 valence electrons. The zero-order chi connectivity index (χ0) is 15.0. The minimum atomic E-state index is -0.406. The number of carbonyl (C=O) groups excluding carboxylic acids is 1. The monoisotopic (exact) mass is 289 g/mol. The molecule has 1 aromatic heterocycles. The molecule has 1 aliphatic rings. The van der Waals surface area contributed by atoms with E-state index >= 15 is 0 Å². The Hall–Kier alpha value is -2.37. The molecule has 1 aromatic carbocycles. The largest absolute Gasteiger partial charge is 0.494 e. The molecule has 2 aromatic rings. The SMILES string of the molecule is COc1cc(-c2n[nH]c3c2CN(C(C)=O)CC3)ccc1F. The van der Waals surface area contributed by atoms with Gasteiger partial charge in [0.15, 0.2) is 11.6 Å². The van der Waals surface area contributed by atoms with Crippen molar-refractivity contribution in [3.05, 3.63) is 35.3 Å². The average molecular weight is 289 g/mol. The van der Waals surface area contributed by atoms with Gasteiger partial charge in [-0.1, -0.05) is 0 Å². The number of hydrogen-bond acceptors (Lipinski definition) is 3. The summed E-state index contributed by atoms with van der Waals surface area (Å²) in [5.41, 5.74) is 3.54. The molecule has 1 N–H and O–H groups in total. The summed E-state index contributed by atoms with van der Waals surface area (Å²) in [7, 11) is 1.43. The number of halogens is 1. The van der Waals surface area contributed by atoms with Crippen LogP contribution in [-0.2, 0) is 17.8 Å². The Labute approximate surface area is 121 Å². The molecule has 0 saturated heterocycles. The van der Waals surface area contributed by atoms with E-state index in [1.807, 2.05) is 0 Å². The average Bonchev–Trinajstić information content (AvgIpc) is 2.90. The van der Waals surface area contributed by atoms with Crippen molar-refractivity contribution in [3.63, 3.8) is 0 Å². The molecule has 0 saturated carbocycles. The summed E-state index contributed by atoms with van der Waals surface area (Å²) < 4.78 is 18.5. The Morgan fingerprint density at radius 2 is 2.29 bits per heavy atom. The summed E-state index contributed by atoms with van der Waals surface area (Å²) in [5, 5.41) is 7.34. The highest BCUT2D eigenvalue weighted by atomic mass is 19.1. The lowest BCUT2D eigenvalue weighted by molar-refractivity contribution is -0.129. The predicted molar refractivity (Wildman–Crippen MR) is 75.3 cm³/mol. The maximum Gasteiger partial charge on any atom is 0.219 e. The van der Waals surface area contributed by atoms with E-state index < -0.39 is 5.82 Å². The van der Waals surface area contributed by atoms with Gasteiger partial charge in [-0.15, -0.1) is 0 Å². The number of nitrogens with zero attached hydrogens (tertiary/aromatic N) is 2. The van der Waals surface area contributed by atoms with Gasteiger partial charge in [0.25, 0.3) is 0 Å². The van der Waals surface area contributed by atoms with E-state index in [4.69, 9.17) is 4.74 Å². The molecule has 0 fully saturated rings. The first-order valence-corrected chi connectivity index (χ1v) is 6.75. The number of methoxy groups -OCH3 is 1. The fourth-order valence-corrected chi connectivity index (χ4v) is 2.61. The van der Waals surface area contributed by atoms with Crippen molar-refractivity contribution >= 4 is 5.91 Å². The zero-order valence-electron chi connectivity index (χ0n) is 11.9. The zero-order valence-corrected chi connectivity index (χ0v) is 11.9. The van der Waals surface area contributed by atoms with Gasteiger partial charge in [0, 0.05) is 43.3 Å². The number of nitrogens with one attached hydrogen (secondary N) is 1. The van der Waals surface area contributed by atoms with Crippen LogP contribution < -0.4 is 4.74 Å². The van der Waals surface area contributed by atoms with Crippen LogP contribution in [0.5, 0.6) is 5.75 Å². The normalized spacial score (nSPS) is 14.0. The van der Waals surface area contributed by atoms with Crippen molar-refractivity contribution in [1.29, 1.82) is 0 Å². The van der Waals surface area contributed by atoms with E-state index in [9.17, 15) is 9.18 Å². The molecular formula is C15H16FN3O2. The summed E-state index contributed by atoms with van der Waals surface area (Å²) in [6.45, 7) is 2.78. The predicted octanol–water partition coefficient (Wildman–Crippen LogP) is 2.13. The summed E-state index contributed by atoms with van der Waals surface area (Å²) >= 11 is 0. The number of hydrogen-bond donors (Lipinski definition) is 1. The van der Waals surface area contributed by atoms with Crippen LogP contribution in [0.4, 0.5) is 4.39 Å². The van der Waals surface area contributed by atoms with E-state index in [2.05, 4.69) is 10.2 Å². The molecule has 0 aliphatic carbocycles. The number of fused-ring (bicyclic) bond motifs is 1. The topological polar surface area (TPSA) is 58.2 Å². The Bertz CT molecular complexity index is 696. The lowest BCUT2D eigenvalue weighted by Crippen LogP contribution is -2.34. The number of ether oxygens (including phenoxy) is 1. The van der Waals surface area contributed by atoms with Gasteiger partial charge in [-0.25, -0.2) is 4.39 Å². The minimum absolute atomic E-state index is 0.0458. The van der Waals surface area contributed by atoms with Crippen molar-refractivity contribution in [1.82, 2.24) is 15.1 Å². The van der Waals surface area contributed by atoms with Gasteiger partial charge in [-0.05, 0) is 18.2 Å². The number of H-pyrrole nitrogens is 1. The van der Waals surface area contributed by atoms with Crippen molar-refractivity contribution in [3.8, 4) is 17.0 Å². The van der Waals surface area contributed by atoms with E-state index in [1.165, 1.54) is 13.2 Å². The van der Waals surface area contributed by atoms with Crippen LogP contribution in [0.15, 0.2) is 18.2 Å². The smallest absolute Gasteiger partial charge is 0.219 e. The van der Waals surface area contributed by atoms with Crippen LogP contribution in [0.2, 0.25) is 0 Å². The molecule has 3 rings (SSSR count). The number of aromatic nitrogens is 2. The van der Waals surface area contributed by atoms with Gasteiger partial charge in [0.2, 0.25) is 5.91 Å². The van der Waals surface area contributed by atoms with Gasteiger partial charge in [-0.3, -0.25) is 9.89 Å². The second-order valence-electron chi connectivity index (χ2n) is 5.07. The molecule has 0 bridgehead atoms. The fraction of sp³-hybridized carbons (Fsp3) is 0.333. The third-order valence-corrected chi connectivity index (χ3v) is 3.80. The highest BCUT2D eigenvalue weighted by Gasteiger charge is 2.24. The lowest BCUT2D eigenvalue weighted by Gasteiger charge is -2.26. The molecule has 0 spiro atoms. The molecule has 6 heteroatoms. The first-order chi connectivity index (χ1) is 10.1. The van der Waals surface area contributed by atoms with Crippen LogP contribution in [-0.4, -0.2) is 34.7 Å². The molecule has 1 aliphatic heterocycles. The van der Waals surface area contributed by atoms with E-state index in [-0.39, 0.29) is 11.7 Å². The third kappa shape index (κ3) is 2.37. The summed E-state index contributed by atoms with van der Waals surface area (Å²) in [5.74, 6) is -0.177. The maximum atomic E-state index is 13.5. The number of amides is 1. The first kappa shape index (κ1) is 13.6. The highest BCUT2D eigenvalue weighted by molar-refractivity contribution is 5.74. The standard InChI is InChI=1S/C15H16FN3O2/c1-9(20)19-6-5-13-11(8-19)15(18-17-13)10-3-4-12(16)14(7-10)21-2/h3-4,7H,5-6,8H2,1-2H3,(H,17,18). The van der Waals surface area contributed by atoms with Gasteiger partial charge in [0.05, 0.1) is 12.8 Å². The first-order valence-electron chi connectivity index (χ1n) is 6.75. The Kier molecular flexibility index (Phi) is 3.37. The number of aromatic amines is 1. The van der Waals surface area contributed by atoms with Crippen molar-refractivity contribution in [2.45, 2.75) is 19.9 Å². The fourth-order valence-electron chi connectivity index (χ4n) is 2.61. The molecule has 0 radical (unpaired) electrons. The molecule has 21 heavy (non-hydrogen) atoms. The van der Waals surface area contributed by atoms with E-state index in [0.717, 1.165) is 28.9 Å². The number of carbonyl (C=O) groups is 1. The van der Waals surface area contributed by atoms with E-state index in [1.54, 1.807) is 24.0 Å². The summed E-state index contributed by atoms with van der Waals surface area (Å²) in [6.07, 6.45) is 0.750. The molecule has 0 unspecified atom stereocenters. The van der Waals surface area contributed by atoms with Crippen LogP contribution >= 0.6 is 0 Å². The molecule has 1 amide bonds. The van der Waals surface area contributed by atoms with Crippen molar-refractivity contribution in [2.24, 2.45) is 0 Å². The quantitative estimate of drug-likeness (QED) is 0.921. The molecule has 0 atom stereocenters. The van der Waals surface area contributed by atoms with Crippen molar-refractivity contribution in [2.75, 3.05) is 13.7 Å². The van der Waals surface area contributed by atoms with Gasteiger partial charge >= 0.3 is 0 Å². The Balaban J connectivity index is 2.01. The highest BCUT2D eigenvalue weighted by Crippen LogP contribution is 2.31. The Morgan fingerprint density at radius 1 is 1.48 bits per heavy atom. The summed E-state index contributed by atoms with van der Waals surface area (Å²) in [6, 6.07) is 4.65. The van der Waals surface area contributed by atoms with Crippen LogP contribution in [0.1, 0.15) is 18.2 Å². The number of rotatable bonds is 2. The van der Waals surface area contributed by atoms with Crippen molar-refractivity contribution < 1.29 is 13.9 Å². The van der Waals surface area contributed by atoms with Gasteiger partial charge in [-0.2, -0.15) is 5.10 Å².